The van der Waals surface area contributed by atoms with Crippen LogP contribution in [-0.2, 0) is 4.79 Å². The minimum Gasteiger partial charge on any atom is -0.368 e. The van der Waals surface area contributed by atoms with Crippen LogP contribution in [0.15, 0.2) is 24.3 Å². The second-order valence-corrected chi connectivity index (χ2v) is 7.63. The molecule has 1 aliphatic heterocycles. The van der Waals surface area contributed by atoms with Gasteiger partial charge in [-0.1, -0.05) is 31.4 Å². The molecule has 1 aromatic rings. The summed E-state index contributed by atoms with van der Waals surface area (Å²) < 4.78 is 13.1. The highest BCUT2D eigenvalue weighted by atomic mass is 19.1. The summed E-state index contributed by atoms with van der Waals surface area (Å²) in [6.45, 7) is 3.37. The molecule has 4 nitrogen and oxygen atoms in total. The van der Waals surface area contributed by atoms with E-state index in [1.165, 1.54) is 50.8 Å². The third-order valence-corrected chi connectivity index (χ3v) is 5.72. The van der Waals surface area contributed by atoms with Gasteiger partial charge >= 0.3 is 0 Å². The van der Waals surface area contributed by atoms with Crippen molar-refractivity contribution in [3.8, 4) is 0 Å². The molecule has 0 bridgehead atoms. The highest BCUT2D eigenvalue weighted by molar-refractivity contribution is 5.81. The Morgan fingerprint density at radius 3 is 2.36 bits per heavy atom. The molecule has 1 aliphatic carbocycles. The largest absolute Gasteiger partial charge is 0.368 e. The fourth-order valence-electron chi connectivity index (χ4n) is 4.25. The second kappa shape index (κ2) is 8.77. The summed E-state index contributed by atoms with van der Waals surface area (Å²) in [5, 5.41) is 3.39. The molecule has 1 saturated heterocycles. The molecule has 0 aromatic heterocycles. The predicted molar refractivity (Wildman–Crippen MR) is 97.5 cm³/mol. The van der Waals surface area contributed by atoms with Gasteiger partial charge in [0.1, 0.15) is 11.9 Å². The van der Waals surface area contributed by atoms with Crippen LogP contribution in [0.25, 0.3) is 0 Å². The number of likely N-dealkylation sites (tertiary alicyclic amines) is 1. The molecular formula is C20H30FN3O. The van der Waals surface area contributed by atoms with Gasteiger partial charge in [0.05, 0.1) is 0 Å². The molecular weight excluding hydrogens is 317 g/mol. The van der Waals surface area contributed by atoms with Crippen molar-refractivity contribution in [1.82, 2.24) is 10.2 Å². The van der Waals surface area contributed by atoms with Gasteiger partial charge in [-0.25, -0.2) is 4.39 Å². The number of nitrogens with zero attached hydrogens (tertiary/aromatic N) is 1. The maximum atomic E-state index is 13.1. The Hall–Kier alpha value is -1.46. The third kappa shape index (κ3) is 5.25. The van der Waals surface area contributed by atoms with Crippen LogP contribution in [0.2, 0.25) is 0 Å². The van der Waals surface area contributed by atoms with Gasteiger partial charge in [0.15, 0.2) is 0 Å². The van der Waals surface area contributed by atoms with E-state index in [1.807, 2.05) is 0 Å². The van der Waals surface area contributed by atoms with Gasteiger partial charge in [0.2, 0.25) is 5.91 Å². The van der Waals surface area contributed by atoms with Gasteiger partial charge in [-0.3, -0.25) is 10.1 Å². The summed E-state index contributed by atoms with van der Waals surface area (Å²) in [6.07, 6.45) is 9.00. The molecule has 0 unspecified atom stereocenters. The number of nitrogens with one attached hydrogen (secondary N) is 1. The lowest BCUT2D eigenvalue weighted by Gasteiger charge is -2.36. The van der Waals surface area contributed by atoms with Crippen LogP contribution in [0.5, 0.6) is 0 Å². The van der Waals surface area contributed by atoms with Crippen molar-refractivity contribution in [2.24, 2.45) is 11.7 Å². The van der Waals surface area contributed by atoms with Gasteiger partial charge < -0.3 is 10.6 Å². The molecule has 1 heterocycles. The SMILES string of the molecule is NC(=O)[C@H](NC1CCN(CC2CCCCC2)CC1)c1ccc(F)cc1. The van der Waals surface area contributed by atoms with Gasteiger partial charge in [-0.2, -0.15) is 0 Å². The molecule has 5 heteroatoms. The third-order valence-electron chi connectivity index (χ3n) is 5.72. The molecule has 3 N–H and O–H groups in total. The lowest BCUT2D eigenvalue weighted by atomic mass is 9.88. The first kappa shape index (κ1) is 18.3. The number of carbonyl (C=O) groups is 1. The molecule has 1 aromatic carbocycles. The monoisotopic (exact) mass is 347 g/mol. The molecule has 25 heavy (non-hydrogen) atoms. The number of primary amides is 1. The van der Waals surface area contributed by atoms with Crippen molar-refractivity contribution in [2.75, 3.05) is 19.6 Å². The van der Waals surface area contributed by atoms with Crippen LogP contribution in [0.1, 0.15) is 56.6 Å². The van der Waals surface area contributed by atoms with Crippen molar-refractivity contribution in [2.45, 2.75) is 57.0 Å². The van der Waals surface area contributed by atoms with E-state index in [0.29, 0.717) is 0 Å². The van der Waals surface area contributed by atoms with Crippen LogP contribution in [0.3, 0.4) is 0 Å². The number of nitrogens with two attached hydrogens (primary N) is 1. The number of amides is 1. The smallest absolute Gasteiger partial charge is 0.239 e. The minimum absolute atomic E-state index is 0.283. The van der Waals surface area contributed by atoms with Crippen LogP contribution in [-0.4, -0.2) is 36.5 Å². The molecule has 2 aliphatic rings. The highest BCUT2D eigenvalue weighted by Gasteiger charge is 2.26. The zero-order valence-electron chi connectivity index (χ0n) is 14.9. The van der Waals surface area contributed by atoms with Crippen molar-refractivity contribution < 1.29 is 9.18 Å². The Balaban J connectivity index is 1.49. The van der Waals surface area contributed by atoms with Gasteiger partial charge in [0, 0.05) is 12.6 Å². The van der Waals surface area contributed by atoms with E-state index in [-0.39, 0.29) is 11.9 Å². The molecule has 2 fully saturated rings. The van der Waals surface area contributed by atoms with Crippen LogP contribution >= 0.6 is 0 Å². The predicted octanol–water partition coefficient (Wildman–Crippen LogP) is 2.99. The zero-order chi connectivity index (χ0) is 17.6. The van der Waals surface area contributed by atoms with E-state index in [2.05, 4.69) is 10.2 Å². The number of rotatable bonds is 6. The first-order valence-electron chi connectivity index (χ1n) is 9.65. The summed E-state index contributed by atoms with van der Waals surface area (Å²) in [4.78, 5) is 14.4. The molecule has 0 radical (unpaired) electrons. The Morgan fingerprint density at radius 1 is 1.12 bits per heavy atom. The van der Waals surface area contributed by atoms with Crippen LogP contribution in [0.4, 0.5) is 4.39 Å². The van der Waals surface area contributed by atoms with E-state index in [0.717, 1.165) is 37.4 Å². The average molecular weight is 347 g/mol. The van der Waals surface area contributed by atoms with E-state index in [1.54, 1.807) is 12.1 Å². The fourth-order valence-corrected chi connectivity index (χ4v) is 4.25. The Bertz CT molecular complexity index is 549. The van der Waals surface area contributed by atoms with Gasteiger partial charge in [-0.05, 0) is 62.4 Å². The second-order valence-electron chi connectivity index (χ2n) is 7.63. The van der Waals surface area contributed by atoms with Crippen molar-refractivity contribution in [1.29, 1.82) is 0 Å². The average Bonchev–Trinajstić information content (AvgIpc) is 2.63. The summed E-state index contributed by atoms with van der Waals surface area (Å²) in [7, 11) is 0. The van der Waals surface area contributed by atoms with E-state index >= 15 is 0 Å². The summed E-state index contributed by atoms with van der Waals surface area (Å²) in [6, 6.07) is 5.76. The number of hydrogen-bond donors (Lipinski definition) is 2. The molecule has 1 atom stereocenters. The van der Waals surface area contributed by atoms with E-state index in [4.69, 9.17) is 5.73 Å². The number of piperidine rings is 1. The lowest BCUT2D eigenvalue weighted by molar-refractivity contribution is -0.120. The Morgan fingerprint density at radius 2 is 1.76 bits per heavy atom. The fraction of sp³-hybridized carbons (Fsp3) is 0.650. The Kier molecular flexibility index (Phi) is 6.43. The molecule has 138 valence electrons. The molecule has 3 rings (SSSR count). The first-order chi connectivity index (χ1) is 12.1. The number of halogens is 1. The van der Waals surface area contributed by atoms with Gasteiger partial charge in [0.25, 0.3) is 0 Å². The van der Waals surface area contributed by atoms with Crippen molar-refractivity contribution in [3.63, 3.8) is 0 Å². The first-order valence-corrected chi connectivity index (χ1v) is 9.65. The number of benzene rings is 1. The normalized spacial score (nSPS) is 22.0. The van der Waals surface area contributed by atoms with Crippen molar-refractivity contribution >= 4 is 5.91 Å². The number of hydrogen-bond acceptors (Lipinski definition) is 3. The van der Waals surface area contributed by atoms with E-state index < -0.39 is 11.9 Å². The van der Waals surface area contributed by atoms with Crippen LogP contribution < -0.4 is 11.1 Å². The van der Waals surface area contributed by atoms with E-state index in [9.17, 15) is 9.18 Å². The standard InChI is InChI=1S/C20H30FN3O/c21-17-8-6-16(7-9-17)19(20(22)25)23-18-10-12-24(13-11-18)14-15-4-2-1-3-5-15/h6-9,15,18-19,23H,1-5,10-14H2,(H2,22,25)/t19-/m1/s1. The van der Waals surface area contributed by atoms with Crippen LogP contribution in [0, 0.1) is 11.7 Å². The maximum absolute atomic E-state index is 13.1. The lowest BCUT2D eigenvalue weighted by Crippen LogP contribution is -2.47. The highest BCUT2D eigenvalue weighted by Crippen LogP contribution is 2.26. The summed E-state index contributed by atoms with van der Waals surface area (Å²) >= 11 is 0. The molecule has 0 spiro atoms. The van der Waals surface area contributed by atoms with Gasteiger partial charge in [-0.15, -0.1) is 0 Å². The summed E-state index contributed by atoms with van der Waals surface area (Å²) in [5.41, 5.74) is 6.30. The zero-order valence-corrected chi connectivity index (χ0v) is 14.9. The topological polar surface area (TPSA) is 58.4 Å². The maximum Gasteiger partial charge on any atom is 0.239 e. The quantitative estimate of drug-likeness (QED) is 0.832. The van der Waals surface area contributed by atoms with Crippen molar-refractivity contribution in [3.05, 3.63) is 35.6 Å². The minimum atomic E-state index is -0.546. The Labute approximate surface area is 150 Å². The summed E-state index contributed by atoms with van der Waals surface area (Å²) in [5.74, 6) is 0.162. The number of carbonyl (C=O) groups excluding carboxylic acids is 1. The molecule has 1 amide bonds. The molecule has 1 saturated carbocycles.